The van der Waals surface area contributed by atoms with Crippen molar-refractivity contribution in [2.75, 3.05) is 45.3 Å². The van der Waals surface area contributed by atoms with Crippen LogP contribution in [0.15, 0.2) is 28.2 Å². The number of rotatable bonds is 10. The molecule has 45 heavy (non-hydrogen) atoms. The van der Waals surface area contributed by atoms with Crippen LogP contribution in [0.5, 0.6) is 11.5 Å². The number of hydrogen-bond donors (Lipinski definition) is 1. The molecule has 1 aromatic carbocycles. The summed E-state index contributed by atoms with van der Waals surface area (Å²) in [5.74, 6) is -0.550. The summed E-state index contributed by atoms with van der Waals surface area (Å²) in [6.07, 6.45) is 1.24. The minimum atomic E-state index is -0.538. The van der Waals surface area contributed by atoms with Crippen LogP contribution in [0.2, 0.25) is 0 Å². The quantitative estimate of drug-likeness (QED) is 0.320. The number of carbonyl (C=O) groups is 5. The molecule has 2 aromatic heterocycles. The van der Waals surface area contributed by atoms with Crippen LogP contribution in [0.4, 0.5) is 5.69 Å². The third-order valence-corrected chi connectivity index (χ3v) is 9.41. The largest absolute Gasteiger partial charge is 0.454 e. The molecule has 1 N–H and O–H groups in total. The van der Waals surface area contributed by atoms with Crippen molar-refractivity contribution in [2.45, 2.75) is 32.6 Å². The van der Waals surface area contributed by atoms with Crippen LogP contribution in [0.1, 0.15) is 80.8 Å². The van der Waals surface area contributed by atoms with Crippen LogP contribution in [0.3, 0.4) is 0 Å². The van der Waals surface area contributed by atoms with Gasteiger partial charge in [-0.1, -0.05) is 0 Å². The second-order valence-electron chi connectivity index (χ2n) is 10.7. The Kier molecular flexibility index (Phi) is 8.74. The maximum atomic E-state index is 13.1. The van der Waals surface area contributed by atoms with Gasteiger partial charge >= 0.3 is 0 Å². The molecule has 232 valence electrons. The van der Waals surface area contributed by atoms with Gasteiger partial charge in [0.25, 0.3) is 5.91 Å². The van der Waals surface area contributed by atoms with Gasteiger partial charge in [0.1, 0.15) is 21.1 Å². The standard InChI is InChI=1S/C30H28N6O7S2/c1-15-33-23-25(39)17(12-19(37)27(23)44-15)31-7-3-9-36(2)10-4-8-32-18-13-20(38)28-24(26(18)40)35-30(45-28)29(41)34-16-5-6-21-22(11-16)43-14-42-21/h5-6,11H,3-4,7-10,12-14H2,1-2H3,(H,34,41). The number of nitrogens with zero attached hydrogens (tertiary/aromatic N) is 5. The SMILES string of the molecule is Cc1nc2c(s1)C(=O)CC(=NCCCN(C)CCCN=C1CC(=O)c3sc(C(=O)Nc4ccc5c(c4)OCO5)nc3C1=O)C2=O. The van der Waals surface area contributed by atoms with Crippen LogP contribution in [0, 0.1) is 6.92 Å². The topological polar surface area (TPSA) is 170 Å². The number of ketones is 4. The number of ether oxygens (including phenoxy) is 2. The van der Waals surface area contributed by atoms with E-state index in [2.05, 4.69) is 30.2 Å². The van der Waals surface area contributed by atoms with Crippen LogP contribution in [-0.2, 0) is 0 Å². The highest BCUT2D eigenvalue weighted by Crippen LogP contribution is 2.35. The maximum absolute atomic E-state index is 13.1. The summed E-state index contributed by atoms with van der Waals surface area (Å²) in [6.45, 7) is 4.06. The zero-order valence-electron chi connectivity index (χ0n) is 24.5. The molecule has 15 heteroatoms. The number of Topliss-reactive ketones (excluding diaryl/α,β-unsaturated/α-hetero) is 4. The highest BCUT2D eigenvalue weighted by molar-refractivity contribution is 7.16. The molecule has 6 rings (SSSR count). The van der Waals surface area contributed by atoms with Gasteiger partial charge in [0.2, 0.25) is 18.4 Å². The first-order valence-electron chi connectivity index (χ1n) is 14.3. The number of aryl methyl sites for hydroxylation is 1. The minimum absolute atomic E-state index is 0.00908. The molecule has 0 radical (unpaired) electrons. The van der Waals surface area contributed by atoms with E-state index in [-0.39, 0.29) is 69.7 Å². The summed E-state index contributed by atoms with van der Waals surface area (Å²) in [4.78, 5) is 83.5. The monoisotopic (exact) mass is 648 g/mol. The first-order chi connectivity index (χ1) is 21.7. The molecule has 0 unspecified atom stereocenters. The Balaban J connectivity index is 0.966. The smallest absolute Gasteiger partial charge is 0.284 e. The van der Waals surface area contributed by atoms with Crippen molar-refractivity contribution < 1.29 is 33.4 Å². The fourth-order valence-electron chi connectivity index (χ4n) is 5.06. The summed E-state index contributed by atoms with van der Waals surface area (Å²) < 4.78 is 10.6. The number of aliphatic imine (C=N–C) groups is 2. The summed E-state index contributed by atoms with van der Waals surface area (Å²) in [7, 11) is 1.95. The van der Waals surface area contributed by atoms with Crippen molar-refractivity contribution in [3.05, 3.63) is 49.4 Å². The van der Waals surface area contributed by atoms with Crippen molar-refractivity contribution in [3.63, 3.8) is 0 Å². The molecule has 1 aliphatic heterocycles. The van der Waals surface area contributed by atoms with Crippen LogP contribution in [-0.4, -0.2) is 95.4 Å². The van der Waals surface area contributed by atoms with Gasteiger partial charge in [0.15, 0.2) is 28.1 Å². The van der Waals surface area contributed by atoms with E-state index in [0.717, 1.165) is 11.3 Å². The molecule has 0 saturated carbocycles. The average Bonchev–Trinajstić information content (AvgIpc) is 3.77. The lowest BCUT2D eigenvalue weighted by Crippen LogP contribution is -2.27. The van der Waals surface area contributed by atoms with E-state index in [4.69, 9.17) is 9.47 Å². The van der Waals surface area contributed by atoms with Gasteiger partial charge in [-0.15, -0.1) is 22.7 Å². The number of nitrogens with one attached hydrogen (secondary N) is 1. The Bertz CT molecular complexity index is 1810. The third-order valence-electron chi connectivity index (χ3n) is 7.30. The summed E-state index contributed by atoms with van der Waals surface area (Å²) in [5, 5.41) is 3.41. The van der Waals surface area contributed by atoms with E-state index >= 15 is 0 Å². The van der Waals surface area contributed by atoms with Gasteiger partial charge in [0, 0.05) is 24.8 Å². The lowest BCUT2D eigenvalue weighted by atomic mass is 9.98. The summed E-state index contributed by atoms with van der Waals surface area (Å²) in [5.41, 5.74) is 1.06. The molecule has 0 fully saturated rings. The number of thiazole rings is 2. The van der Waals surface area contributed by atoms with Gasteiger partial charge in [0.05, 0.1) is 29.3 Å². The minimum Gasteiger partial charge on any atom is -0.454 e. The highest BCUT2D eigenvalue weighted by atomic mass is 32.1. The summed E-state index contributed by atoms with van der Waals surface area (Å²) >= 11 is 2.14. The van der Waals surface area contributed by atoms with Crippen LogP contribution in [0.25, 0.3) is 0 Å². The maximum Gasteiger partial charge on any atom is 0.284 e. The van der Waals surface area contributed by atoms with Crippen molar-refractivity contribution in [1.82, 2.24) is 14.9 Å². The Morgan fingerprint density at radius 3 is 2.16 bits per heavy atom. The van der Waals surface area contributed by atoms with E-state index in [1.807, 2.05) is 7.05 Å². The zero-order chi connectivity index (χ0) is 31.7. The molecule has 0 atom stereocenters. The molecule has 13 nitrogen and oxygen atoms in total. The van der Waals surface area contributed by atoms with Crippen molar-refractivity contribution in [1.29, 1.82) is 0 Å². The van der Waals surface area contributed by atoms with Crippen LogP contribution >= 0.6 is 22.7 Å². The van der Waals surface area contributed by atoms with Gasteiger partial charge in [-0.25, -0.2) is 9.97 Å². The van der Waals surface area contributed by atoms with Gasteiger partial charge in [-0.2, -0.15) is 0 Å². The van der Waals surface area contributed by atoms with E-state index in [9.17, 15) is 24.0 Å². The fraction of sp³-hybridized carbons (Fsp3) is 0.367. The van der Waals surface area contributed by atoms with E-state index in [1.54, 1.807) is 25.1 Å². The molecule has 1 amide bonds. The normalized spacial score (nSPS) is 17.4. The van der Waals surface area contributed by atoms with Crippen LogP contribution < -0.4 is 14.8 Å². The van der Waals surface area contributed by atoms with Gasteiger partial charge in [-0.05, 0) is 52.0 Å². The van der Waals surface area contributed by atoms with E-state index in [0.29, 0.717) is 66.1 Å². The molecular weight excluding hydrogens is 620 g/mol. The lowest BCUT2D eigenvalue weighted by Gasteiger charge is -2.16. The second kappa shape index (κ2) is 12.9. The molecule has 3 aliphatic rings. The third kappa shape index (κ3) is 6.50. The van der Waals surface area contributed by atoms with Crippen molar-refractivity contribution >= 4 is 68.8 Å². The molecule has 0 bridgehead atoms. The Morgan fingerprint density at radius 1 is 0.889 bits per heavy atom. The molecule has 3 heterocycles. The van der Waals surface area contributed by atoms with Crippen molar-refractivity contribution in [3.8, 4) is 11.5 Å². The number of hydrogen-bond acceptors (Lipinski definition) is 14. The summed E-state index contributed by atoms with van der Waals surface area (Å²) in [6, 6.07) is 4.96. The lowest BCUT2D eigenvalue weighted by molar-refractivity contribution is 0.0965. The Hall–Kier alpha value is -4.47. The number of benzene rings is 1. The number of carbonyl (C=O) groups excluding carboxylic acids is 5. The molecule has 2 aliphatic carbocycles. The predicted octanol–water partition coefficient (Wildman–Crippen LogP) is 3.72. The number of fused-ring (bicyclic) bond motifs is 3. The Morgan fingerprint density at radius 2 is 1.49 bits per heavy atom. The number of anilines is 1. The number of amides is 1. The molecule has 0 saturated heterocycles. The highest BCUT2D eigenvalue weighted by Gasteiger charge is 2.35. The first-order valence-corrected chi connectivity index (χ1v) is 15.9. The Labute approximate surface area is 265 Å². The molecule has 0 spiro atoms. The van der Waals surface area contributed by atoms with Gasteiger partial charge < -0.3 is 19.7 Å². The van der Waals surface area contributed by atoms with E-state index in [1.165, 1.54) is 11.3 Å². The predicted molar refractivity (Wildman–Crippen MR) is 167 cm³/mol. The molecular formula is C30H28N6O7S2. The second-order valence-corrected chi connectivity index (χ2v) is 12.9. The zero-order valence-corrected chi connectivity index (χ0v) is 26.1. The van der Waals surface area contributed by atoms with Gasteiger partial charge in [-0.3, -0.25) is 34.0 Å². The number of aromatic nitrogens is 2. The molecule has 3 aromatic rings. The van der Waals surface area contributed by atoms with E-state index < -0.39 is 11.7 Å². The average molecular weight is 649 g/mol. The fourth-order valence-corrected chi connectivity index (χ4v) is 6.81. The van der Waals surface area contributed by atoms with Crippen molar-refractivity contribution in [2.24, 2.45) is 9.98 Å². The first kappa shape index (κ1) is 30.6.